The quantitative estimate of drug-likeness (QED) is 0.612. The number of carbonyl (C=O) groups excluding carboxylic acids is 2. The Bertz CT molecular complexity index is 1140. The molecule has 4 rings (SSSR count). The number of hydrogen-bond acceptors (Lipinski definition) is 6. The predicted molar refractivity (Wildman–Crippen MR) is 107 cm³/mol. The Balaban J connectivity index is 1.50. The molecule has 1 fully saturated rings. The first-order valence-corrected chi connectivity index (χ1v) is 9.39. The van der Waals surface area contributed by atoms with Gasteiger partial charge in [0.25, 0.3) is 11.1 Å². The van der Waals surface area contributed by atoms with E-state index in [-0.39, 0.29) is 29.0 Å². The molecular formula is C21H15NO5S. The van der Waals surface area contributed by atoms with Gasteiger partial charge in [-0.25, -0.2) is 0 Å². The fourth-order valence-corrected chi connectivity index (χ4v) is 3.65. The third-order valence-electron chi connectivity index (χ3n) is 4.19. The number of para-hydroxylation sites is 2. The Hall–Kier alpha value is -3.32. The number of fused-ring (bicyclic) bond motifs is 1. The second-order valence-corrected chi connectivity index (χ2v) is 7.00. The van der Waals surface area contributed by atoms with Gasteiger partial charge in [0.05, 0.1) is 22.4 Å². The molecule has 2 aromatic carbocycles. The second kappa shape index (κ2) is 7.74. The molecule has 0 radical (unpaired) electrons. The lowest BCUT2D eigenvalue weighted by atomic mass is 10.1. The Morgan fingerprint density at radius 3 is 2.57 bits per heavy atom. The average molecular weight is 393 g/mol. The van der Waals surface area contributed by atoms with E-state index < -0.39 is 11.1 Å². The van der Waals surface area contributed by atoms with Gasteiger partial charge in [-0.2, -0.15) is 0 Å². The zero-order valence-electron chi connectivity index (χ0n) is 14.7. The van der Waals surface area contributed by atoms with Crippen LogP contribution in [-0.2, 0) is 4.79 Å². The van der Waals surface area contributed by atoms with Crippen LogP contribution in [0.1, 0.15) is 5.56 Å². The van der Waals surface area contributed by atoms with E-state index in [4.69, 9.17) is 9.15 Å². The van der Waals surface area contributed by atoms with Crippen LogP contribution >= 0.6 is 11.8 Å². The first-order valence-electron chi connectivity index (χ1n) is 8.57. The second-order valence-electron chi connectivity index (χ2n) is 6.01. The molecule has 0 aliphatic carbocycles. The van der Waals surface area contributed by atoms with Crippen molar-refractivity contribution in [3.63, 3.8) is 0 Å². The molecule has 1 aromatic heterocycles. The fourth-order valence-electron chi connectivity index (χ4n) is 2.80. The van der Waals surface area contributed by atoms with Gasteiger partial charge in [0.15, 0.2) is 5.43 Å². The smallest absolute Gasteiger partial charge is 0.293 e. The minimum Gasteiger partial charge on any atom is -0.492 e. The summed E-state index contributed by atoms with van der Waals surface area (Å²) >= 11 is 0.799. The van der Waals surface area contributed by atoms with E-state index in [0.29, 0.717) is 16.7 Å². The Morgan fingerprint density at radius 1 is 1.00 bits per heavy atom. The molecule has 1 aliphatic rings. The van der Waals surface area contributed by atoms with E-state index in [1.807, 2.05) is 18.2 Å². The lowest BCUT2D eigenvalue weighted by molar-refractivity contribution is -0.123. The van der Waals surface area contributed by atoms with Gasteiger partial charge >= 0.3 is 0 Å². The summed E-state index contributed by atoms with van der Waals surface area (Å²) in [6.45, 7) is 0.316. The molecule has 140 valence electrons. The number of amides is 2. The summed E-state index contributed by atoms with van der Waals surface area (Å²) in [6, 6.07) is 16.0. The molecule has 0 unspecified atom stereocenters. The van der Waals surface area contributed by atoms with Crippen LogP contribution in [0.25, 0.3) is 17.0 Å². The third kappa shape index (κ3) is 3.57. The number of hydrogen-bond donors (Lipinski definition) is 0. The zero-order chi connectivity index (χ0) is 19.5. The van der Waals surface area contributed by atoms with Crippen LogP contribution in [0.5, 0.6) is 5.75 Å². The largest absolute Gasteiger partial charge is 0.492 e. The molecule has 2 heterocycles. The van der Waals surface area contributed by atoms with E-state index in [1.165, 1.54) is 12.3 Å². The summed E-state index contributed by atoms with van der Waals surface area (Å²) in [6.07, 6.45) is 2.71. The summed E-state index contributed by atoms with van der Waals surface area (Å²) in [4.78, 5) is 38.6. The number of benzene rings is 2. The minimum absolute atomic E-state index is 0.128. The van der Waals surface area contributed by atoms with Gasteiger partial charge in [0.2, 0.25) is 0 Å². The normalized spacial score (nSPS) is 15.6. The molecule has 1 aliphatic heterocycles. The first-order chi connectivity index (χ1) is 13.6. The highest BCUT2D eigenvalue weighted by Gasteiger charge is 2.35. The van der Waals surface area contributed by atoms with Crippen LogP contribution in [0, 0.1) is 0 Å². The van der Waals surface area contributed by atoms with Crippen LogP contribution in [-0.4, -0.2) is 29.2 Å². The summed E-state index contributed by atoms with van der Waals surface area (Å²) in [5.74, 6) is 0.220. The summed E-state index contributed by atoms with van der Waals surface area (Å²) in [7, 11) is 0. The van der Waals surface area contributed by atoms with E-state index in [0.717, 1.165) is 16.7 Å². The molecule has 28 heavy (non-hydrogen) atoms. The van der Waals surface area contributed by atoms with Gasteiger partial charge in [-0.15, -0.1) is 0 Å². The molecule has 3 aromatic rings. The van der Waals surface area contributed by atoms with Gasteiger partial charge in [-0.1, -0.05) is 30.3 Å². The van der Waals surface area contributed by atoms with E-state index >= 15 is 0 Å². The van der Waals surface area contributed by atoms with Crippen molar-refractivity contribution in [1.82, 2.24) is 4.90 Å². The van der Waals surface area contributed by atoms with Crippen molar-refractivity contribution in [3.05, 3.63) is 81.6 Å². The molecule has 7 heteroatoms. The maximum absolute atomic E-state index is 12.6. The fraction of sp³-hybridized carbons (Fsp3) is 0.0952. The lowest BCUT2D eigenvalue weighted by Crippen LogP contribution is -2.32. The van der Waals surface area contributed by atoms with Crippen molar-refractivity contribution < 1.29 is 18.7 Å². The van der Waals surface area contributed by atoms with Gasteiger partial charge < -0.3 is 9.15 Å². The Kier molecular flexibility index (Phi) is 4.99. The van der Waals surface area contributed by atoms with Crippen LogP contribution in [0.4, 0.5) is 4.79 Å². The lowest BCUT2D eigenvalue weighted by Gasteiger charge is -2.13. The molecular weight excluding hydrogens is 378 g/mol. The third-order valence-corrected chi connectivity index (χ3v) is 5.10. The van der Waals surface area contributed by atoms with Crippen molar-refractivity contribution in [1.29, 1.82) is 0 Å². The van der Waals surface area contributed by atoms with Crippen molar-refractivity contribution in [3.8, 4) is 5.75 Å². The molecule has 0 spiro atoms. The summed E-state index contributed by atoms with van der Waals surface area (Å²) in [5, 5.41) is 0.0322. The van der Waals surface area contributed by atoms with Crippen LogP contribution in [0.3, 0.4) is 0 Å². The van der Waals surface area contributed by atoms with Crippen molar-refractivity contribution in [2.24, 2.45) is 0 Å². The van der Waals surface area contributed by atoms with E-state index in [9.17, 15) is 14.4 Å². The molecule has 0 bridgehead atoms. The van der Waals surface area contributed by atoms with E-state index in [1.54, 1.807) is 36.4 Å². The SMILES string of the molecule is O=C1S/C(=C\c2coc3ccccc3c2=O)C(=O)N1CCOc1ccccc1. The molecule has 0 atom stereocenters. The number of thioether (sulfide) groups is 1. The number of rotatable bonds is 5. The first kappa shape index (κ1) is 18.1. The minimum atomic E-state index is -0.445. The molecule has 1 saturated heterocycles. The summed E-state index contributed by atoms with van der Waals surface area (Å²) < 4.78 is 11.0. The Labute approximate surface area is 164 Å². The molecule has 6 nitrogen and oxygen atoms in total. The van der Waals surface area contributed by atoms with E-state index in [2.05, 4.69) is 0 Å². The van der Waals surface area contributed by atoms with Crippen molar-refractivity contribution in [2.75, 3.05) is 13.2 Å². The number of ether oxygens (including phenoxy) is 1. The van der Waals surface area contributed by atoms with Gasteiger partial charge in [0.1, 0.15) is 24.2 Å². The molecule has 2 amide bonds. The number of nitrogens with zero attached hydrogens (tertiary/aromatic N) is 1. The topological polar surface area (TPSA) is 76.8 Å². The van der Waals surface area contributed by atoms with Gasteiger partial charge in [-0.3, -0.25) is 19.3 Å². The monoisotopic (exact) mass is 393 g/mol. The van der Waals surface area contributed by atoms with Gasteiger partial charge in [-0.05, 0) is 42.1 Å². The maximum atomic E-state index is 12.6. The van der Waals surface area contributed by atoms with Crippen molar-refractivity contribution >= 4 is 40.0 Å². The van der Waals surface area contributed by atoms with Crippen LogP contribution in [0.15, 0.2) is 75.0 Å². The highest BCUT2D eigenvalue weighted by Crippen LogP contribution is 2.31. The number of imide groups is 1. The predicted octanol–water partition coefficient (Wildman–Crippen LogP) is 3.91. The highest BCUT2D eigenvalue weighted by molar-refractivity contribution is 8.18. The van der Waals surface area contributed by atoms with Crippen molar-refractivity contribution in [2.45, 2.75) is 0 Å². The van der Waals surface area contributed by atoms with Gasteiger partial charge in [0, 0.05) is 0 Å². The van der Waals surface area contributed by atoms with Crippen LogP contribution < -0.4 is 10.2 Å². The number of carbonyl (C=O) groups is 2. The standard InChI is InChI=1S/C21H15NO5S/c23-19-14(13-27-17-9-5-4-8-16(17)19)12-18-20(24)22(21(25)28-18)10-11-26-15-6-2-1-3-7-15/h1-9,12-13H,10-11H2/b18-12-. The average Bonchev–Trinajstić information content (AvgIpc) is 2.98. The molecule has 0 saturated carbocycles. The summed E-state index contributed by atoms with van der Waals surface area (Å²) in [5.41, 5.74) is 0.446. The molecule has 0 N–H and O–H groups in total. The zero-order valence-corrected chi connectivity index (χ0v) is 15.5. The maximum Gasteiger partial charge on any atom is 0.293 e. The highest BCUT2D eigenvalue weighted by atomic mass is 32.2. The Morgan fingerprint density at radius 2 is 1.75 bits per heavy atom. The van der Waals surface area contributed by atoms with Crippen LogP contribution in [0.2, 0.25) is 0 Å².